The van der Waals surface area contributed by atoms with Gasteiger partial charge in [-0.25, -0.2) is 0 Å². The van der Waals surface area contributed by atoms with Crippen LogP contribution in [0.1, 0.15) is 76.5 Å². The number of anilines is 1. The van der Waals surface area contributed by atoms with Gasteiger partial charge in [-0.15, -0.1) is 6.42 Å². The third kappa shape index (κ3) is 5.86. The fraction of sp³-hybridized carbons (Fsp3) is 0.400. The zero-order chi connectivity index (χ0) is 23.7. The number of nitrogens with one attached hydrogen (secondary N) is 1. The van der Waals surface area contributed by atoms with E-state index in [0.29, 0.717) is 0 Å². The molecule has 2 atom stereocenters. The predicted octanol–water partition coefficient (Wildman–Crippen LogP) is 7.38. The van der Waals surface area contributed by atoms with Crippen molar-refractivity contribution in [1.29, 1.82) is 0 Å². The zero-order valence-corrected chi connectivity index (χ0v) is 20.7. The molecule has 1 saturated heterocycles. The molecule has 0 spiro atoms. The Morgan fingerprint density at radius 1 is 1.03 bits per heavy atom. The van der Waals surface area contributed by atoms with Crippen molar-refractivity contribution in [1.82, 2.24) is 5.32 Å². The molecular formula is C30H40N2. The molecular weight excluding hydrogens is 388 g/mol. The summed E-state index contributed by atoms with van der Waals surface area (Å²) in [5, 5.41) is 3.65. The Balaban J connectivity index is 0.00000176. The highest BCUT2D eigenvalue weighted by atomic mass is 15.1. The van der Waals surface area contributed by atoms with E-state index in [1.807, 2.05) is 32.9 Å². The third-order valence-electron chi connectivity index (χ3n) is 6.12. The van der Waals surface area contributed by atoms with Crippen molar-refractivity contribution < 1.29 is 0 Å². The summed E-state index contributed by atoms with van der Waals surface area (Å²) >= 11 is 0. The highest BCUT2D eigenvalue weighted by molar-refractivity contribution is 5.51. The number of piperidine rings is 1. The molecule has 0 saturated carbocycles. The summed E-state index contributed by atoms with van der Waals surface area (Å²) in [6.45, 7) is 21.1. The van der Waals surface area contributed by atoms with Crippen molar-refractivity contribution in [2.24, 2.45) is 0 Å². The van der Waals surface area contributed by atoms with E-state index >= 15 is 0 Å². The largest absolute Gasteiger partial charge is 0.379 e. The molecule has 0 radical (unpaired) electrons. The van der Waals surface area contributed by atoms with Crippen molar-refractivity contribution in [3.63, 3.8) is 0 Å². The lowest BCUT2D eigenvalue weighted by atomic mass is 9.72. The summed E-state index contributed by atoms with van der Waals surface area (Å²) < 4.78 is 0. The summed E-state index contributed by atoms with van der Waals surface area (Å²) in [4.78, 5) is 2.49. The van der Waals surface area contributed by atoms with E-state index in [1.54, 1.807) is 0 Å². The molecule has 0 aliphatic carbocycles. The summed E-state index contributed by atoms with van der Waals surface area (Å²) in [6, 6.07) is 17.2. The third-order valence-corrected chi connectivity index (χ3v) is 6.12. The molecule has 1 heterocycles. The van der Waals surface area contributed by atoms with Crippen LogP contribution in [0, 0.1) is 12.3 Å². The summed E-state index contributed by atoms with van der Waals surface area (Å²) in [7, 11) is 0. The van der Waals surface area contributed by atoms with Gasteiger partial charge in [-0.3, -0.25) is 0 Å². The van der Waals surface area contributed by atoms with Gasteiger partial charge in [-0.2, -0.15) is 0 Å². The van der Waals surface area contributed by atoms with Crippen LogP contribution in [-0.2, 0) is 5.54 Å². The molecule has 3 rings (SSSR count). The first kappa shape index (κ1) is 25.3. The molecule has 2 aromatic rings. The second-order valence-corrected chi connectivity index (χ2v) is 8.75. The molecule has 2 nitrogen and oxygen atoms in total. The summed E-state index contributed by atoms with van der Waals surface area (Å²) in [5.41, 5.74) is 6.16. The topological polar surface area (TPSA) is 15.3 Å². The van der Waals surface area contributed by atoms with Gasteiger partial charge in [-0.1, -0.05) is 62.8 Å². The molecule has 0 aromatic heterocycles. The number of allylic oxidation sites excluding steroid dienone is 1. The monoisotopic (exact) mass is 428 g/mol. The number of terminal acetylenes is 1. The second kappa shape index (κ2) is 11.6. The number of benzene rings is 2. The Morgan fingerprint density at radius 3 is 2.19 bits per heavy atom. The highest BCUT2D eigenvalue weighted by Crippen LogP contribution is 2.42. The van der Waals surface area contributed by atoms with Crippen LogP contribution in [0.25, 0.3) is 0 Å². The molecule has 1 aliphatic heterocycles. The van der Waals surface area contributed by atoms with E-state index in [2.05, 4.69) is 79.5 Å². The molecule has 1 fully saturated rings. The normalized spacial score (nSPS) is 15.9. The Labute approximate surface area is 196 Å². The standard InChI is InChI=1S/C28H34N2.C2H6/c1-7-23-12-11-13-25(20-23)28(6,29-22(4)5)27(21(2)3)24-14-16-26(17-15-24)30-18-9-8-10-19-30;1-2/h1,11-17,20,27,29H,2,4,8-10,18-19H2,3,5-6H3;1-2H3/t27-,28-;/m1./s1. The molecule has 0 amide bonds. The predicted molar refractivity (Wildman–Crippen MR) is 141 cm³/mol. The van der Waals surface area contributed by atoms with Crippen LogP contribution in [0.15, 0.2) is 73.0 Å². The second-order valence-electron chi connectivity index (χ2n) is 8.75. The lowest BCUT2D eigenvalue weighted by Gasteiger charge is -2.41. The minimum absolute atomic E-state index is 0.0673. The van der Waals surface area contributed by atoms with E-state index in [4.69, 9.17) is 6.42 Å². The average molecular weight is 429 g/mol. The van der Waals surface area contributed by atoms with Gasteiger partial charge in [0.2, 0.25) is 0 Å². The van der Waals surface area contributed by atoms with Crippen molar-refractivity contribution in [2.75, 3.05) is 18.0 Å². The molecule has 1 N–H and O–H groups in total. The molecule has 32 heavy (non-hydrogen) atoms. The van der Waals surface area contributed by atoms with Gasteiger partial charge in [-0.05, 0) is 75.4 Å². The van der Waals surface area contributed by atoms with Crippen LogP contribution < -0.4 is 10.2 Å². The summed E-state index contributed by atoms with van der Waals surface area (Å²) in [6.07, 6.45) is 9.59. The van der Waals surface area contributed by atoms with Crippen LogP contribution in [0.4, 0.5) is 5.69 Å². The van der Waals surface area contributed by atoms with Crippen LogP contribution in [0.3, 0.4) is 0 Å². The maximum Gasteiger partial charge on any atom is 0.0699 e. The van der Waals surface area contributed by atoms with E-state index in [-0.39, 0.29) is 5.92 Å². The van der Waals surface area contributed by atoms with Gasteiger partial charge >= 0.3 is 0 Å². The van der Waals surface area contributed by atoms with Gasteiger partial charge in [0, 0.05) is 36.0 Å². The number of rotatable bonds is 7. The minimum atomic E-state index is -0.419. The molecule has 0 unspecified atom stereocenters. The fourth-order valence-electron chi connectivity index (χ4n) is 4.83. The molecule has 2 heteroatoms. The van der Waals surface area contributed by atoms with Gasteiger partial charge in [0.1, 0.15) is 0 Å². The first-order chi connectivity index (χ1) is 15.3. The Kier molecular flexibility index (Phi) is 9.21. The highest BCUT2D eigenvalue weighted by Gasteiger charge is 2.37. The SMILES string of the molecule is C#Cc1cccc([C@@](C)(NC(=C)C)[C@H](C(=C)C)c2ccc(N3CCCCC3)cc2)c1.CC. The molecule has 170 valence electrons. The Bertz CT molecular complexity index is 942. The van der Waals surface area contributed by atoms with Crippen LogP contribution in [-0.4, -0.2) is 13.1 Å². The quantitative estimate of drug-likeness (QED) is 0.365. The Hall–Kier alpha value is -2.92. The van der Waals surface area contributed by atoms with E-state index in [9.17, 15) is 0 Å². The molecule has 1 aliphatic rings. The van der Waals surface area contributed by atoms with E-state index in [1.165, 1.54) is 30.5 Å². The van der Waals surface area contributed by atoms with Crippen molar-refractivity contribution in [2.45, 2.75) is 65.3 Å². The van der Waals surface area contributed by atoms with Gasteiger partial charge < -0.3 is 10.2 Å². The van der Waals surface area contributed by atoms with E-state index in [0.717, 1.165) is 35.5 Å². The molecule has 0 bridgehead atoms. The van der Waals surface area contributed by atoms with E-state index < -0.39 is 5.54 Å². The lowest BCUT2D eigenvalue weighted by molar-refractivity contribution is 0.353. The molecule has 2 aromatic carbocycles. The lowest BCUT2D eigenvalue weighted by Crippen LogP contribution is -2.44. The maximum absolute atomic E-state index is 5.69. The first-order valence-electron chi connectivity index (χ1n) is 11.9. The first-order valence-corrected chi connectivity index (χ1v) is 11.9. The number of nitrogens with zero attached hydrogens (tertiary/aromatic N) is 1. The van der Waals surface area contributed by atoms with Gasteiger partial charge in [0.15, 0.2) is 0 Å². The van der Waals surface area contributed by atoms with Crippen molar-refractivity contribution in [3.8, 4) is 12.3 Å². The van der Waals surface area contributed by atoms with Crippen LogP contribution >= 0.6 is 0 Å². The van der Waals surface area contributed by atoms with Crippen molar-refractivity contribution in [3.05, 3.63) is 89.6 Å². The average Bonchev–Trinajstić information content (AvgIpc) is 2.81. The van der Waals surface area contributed by atoms with Crippen LogP contribution in [0.5, 0.6) is 0 Å². The maximum atomic E-state index is 5.69. The fourth-order valence-corrected chi connectivity index (χ4v) is 4.83. The van der Waals surface area contributed by atoms with Crippen LogP contribution in [0.2, 0.25) is 0 Å². The minimum Gasteiger partial charge on any atom is -0.379 e. The van der Waals surface area contributed by atoms with Gasteiger partial charge in [0.05, 0.1) is 5.54 Å². The number of hydrogen-bond acceptors (Lipinski definition) is 2. The van der Waals surface area contributed by atoms with Crippen molar-refractivity contribution >= 4 is 5.69 Å². The Morgan fingerprint density at radius 2 is 1.66 bits per heavy atom. The summed E-state index contributed by atoms with van der Waals surface area (Å²) in [5.74, 6) is 2.83. The van der Waals surface area contributed by atoms with Gasteiger partial charge in [0.25, 0.3) is 0 Å². The zero-order valence-electron chi connectivity index (χ0n) is 20.7. The smallest absolute Gasteiger partial charge is 0.0699 e. The number of hydrogen-bond donors (Lipinski definition) is 1.